The van der Waals surface area contributed by atoms with Crippen LogP contribution in [0.25, 0.3) is 22.4 Å². The number of methoxy groups -OCH3 is 1. The monoisotopic (exact) mass is 293 g/mol. The Kier molecular flexibility index (Phi) is 3.65. The first-order chi connectivity index (χ1) is 10.7. The van der Waals surface area contributed by atoms with E-state index in [0.29, 0.717) is 11.7 Å². The fourth-order valence-corrected chi connectivity index (χ4v) is 2.23. The van der Waals surface area contributed by atoms with Crippen LogP contribution in [0.4, 0.5) is 5.82 Å². The molecule has 6 heteroatoms. The molecule has 22 heavy (non-hydrogen) atoms. The molecule has 110 valence electrons. The maximum atomic E-state index is 5.66. The second kappa shape index (κ2) is 5.77. The molecule has 0 radical (unpaired) electrons. The average molecular weight is 293 g/mol. The zero-order chi connectivity index (χ0) is 15.5. The van der Waals surface area contributed by atoms with Gasteiger partial charge in [0.1, 0.15) is 12.1 Å². The predicted octanol–water partition coefficient (Wildman–Crippen LogP) is 2.50. The van der Waals surface area contributed by atoms with Crippen LogP contribution < -0.4 is 10.5 Å². The molecule has 6 nitrogen and oxygen atoms in total. The molecule has 0 bridgehead atoms. The number of ether oxygens (including phenoxy) is 1. The van der Waals surface area contributed by atoms with Crippen molar-refractivity contribution in [1.82, 2.24) is 19.9 Å². The summed E-state index contributed by atoms with van der Waals surface area (Å²) >= 11 is 0. The Hall–Kier alpha value is -3.02. The van der Waals surface area contributed by atoms with Gasteiger partial charge in [-0.25, -0.2) is 19.9 Å². The molecule has 0 spiro atoms. The number of anilines is 1. The highest BCUT2D eigenvalue weighted by Crippen LogP contribution is 2.32. The summed E-state index contributed by atoms with van der Waals surface area (Å²) in [5.74, 6) is 1.04. The number of nitrogens with two attached hydrogens (primary N) is 1. The largest absolute Gasteiger partial charge is 0.481 e. The second-order valence-corrected chi connectivity index (χ2v) is 4.74. The standard InChI is InChI=1S/C16H15N5O/c1-10-15(11-3-5-13(17)18-7-11)16(21-9-20-10)12-4-6-14(22-2)19-8-12/h3-9H,1-2H3,(H2,17,18). The molecule has 3 rings (SSSR count). The van der Waals surface area contributed by atoms with Crippen LogP contribution in [-0.4, -0.2) is 27.0 Å². The lowest BCUT2D eigenvalue weighted by Gasteiger charge is -2.11. The van der Waals surface area contributed by atoms with Crippen LogP contribution in [0.1, 0.15) is 5.69 Å². The summed E-state index contributed by atoms with van der Waals surface area (Å²) in [5, 5.41) is 0. The Morgan fingerprint density at radius 2 is 1.68 bits per heavy atom. The van der Waals surface area contributed by atoms with Gasteiger partial charge in [-0.1, -0.05) is 0 Å². The number of nitrogen functional groups attached to an aromatic ring is 1. The molecule has 0 saturated heterocycles. The Balaban J connectivity index is 2.15. The van der Waals surface area contributed by atoms with E-state index in [0.717, 1.165) is 28.1 Å². The number of aryl methyl sites for hydroxylation is 1. The van der Waals surface area contributed by atoms with E-state index in [1.165, 1.54) is 0 Å². The van der Waals surface area contributed by atoms with E-state index >= 15 is 0 Å². The quantitative estimate of drug-likeness (QED) is 0.798. The van der Waals surface area contributed by atoms with Crippen molar-refractivity contribution in [2.75, 3.05) is 12.8 Å². The van der Waals surface area contributed by atoms with Gasteiger partial charge in [-0.3, -0.25) is 0 Å². The smallest absolute Gasteiger partial charge is 0.212 e. The highest BCUT2D eigenvalue weighted by atomic mass is 16.5. The van der Waals surface area contributed by atoms with Crippen molar-refractivity contribution in [3.05, 3.63) is 48.7 Å². The number of hydrogen-bond donors (Lipinski definition) is 1. The van der Waals surface area contributed by atoms with Crippen LogP contribution >= 0.6 is 0 Å². The molecule has 0 fully saturated rings. The molecule has 2 N–H and O–H groups in total. The maximum absolute atomic E-state index is 5.66. The Morgan fingerprint density at radius 1 is 0.909 bits per heavy atom. The second-order valence-electron chi connectivity index (χ2n) is 4.74. The predicted molar refractivity (Wildman–Crippen MR) is 84.2 cm³/mol. The SMILES string of the molecule is COc1ccc(-c2ncnc(C)c2-c2ccc(N)nc2)cn1. The summed E-state index contributed by atoms with van der Waals surface area (Å²) in [6.45, 7) is 1.94. The third-order valence-electron chi connectivity index (χ3n) is 3.33. The molecule has 0 aromatic carbocycles. The minimum atomic E-state index is 0.478. The molecule has 0 saturated carbocycles. The lowest BCUT2D eigenvalue weighted by Crippen LogP contribution is -1.97. The normalized spacial score (nSPS) is 10.5. The Bertz CT molecular complexity index is 785. The third-order valence-corrected chi connectivity index (χ3v) is 3.33. The Labute approximate surface area is 128 Å². The zero-order valence-electron chi connectivity index (χ0n) is 12.3. The van der Waals surface area contributed by atoms with Crippen molar-refractivity contribution in [1.29, 1.82) is 0 Å². The molecule has 3 aromatic heterocycles. The fourth-order valence-electron chi connectivity index (χ4n) is 2.23. The summed E-state index contributed by atoms with van der Waals surface area (Å²) in [6, 6.07) is 7.39. The molecule has 0 amide bonds. The van der Waals surface area contributed by atoms with E-state index in [2.05, 4.69) is 19.9 Å². The van der Waals surface area contributed by atoms with Gasteiger partial charge in [-0.2, -0.15) is 0 Å². The van der Waals surface area contributed by atoms with E-state index in [9.17, 15) is 0 Å². The first-order valence-electron chi connectivity index (χ1n) is 6.73. The molecule has 0 unspecified atom stereocenters. The summed E-state index contributed by atoms with van der Waals surface area (Å²) < 4.78 is 5.09. The molecule has 3 aromatic rings. The van der Waals surface area contributed by atoms with E-state index in [-0.39, 0.29) is 0 Å². The highest BCUT2D eigenvalue weighted by molar-refractivity contribution is 5.81. The van der Waals surface area contributed by atoms with Crippen LogP contribution in [0.2, 0.25) is 0 Å². The van der Waals surface area contributed by atoms with Gasteiger partial charge in [0.25, 0.3) is 0 Å². The average Bonchev–Trinajstić information content (AvgIpc) is 2.56. The molecular weight excluding hydrogens is 278 g/mol. The van der Waals surface area contributed by atoms with Crippen LogP contribution in [0.5, 0.6) is 5.88 Å². The first-order valence-corrected chi connectivity index (χ1v) is 6.73. The van der Waals surface area contributed by atoms with Gasteiger partial charge in [0.15, 0.2) is 0 Å². The van der Waals surface area contributed by atoms with E-state index in [4.69, 9.17) is 10.5 Å². The maximum Gasteiger partial charge on any atom is 0.212 e. The topological polar surface area (TPSA) is 86.8 Å². The van der Waals surface area contributed by atoms with Gasteiger partial charge in [-0.05, 0) is 25.1 Å². The van der Waals surface area contributed by atoms with Crippen molar-refractivity contribution < 1.29 is 4.74 Å². The molecule has 0 aliphatic heterocycles. The van der Waals surface area contributed by atoms with Crippen LogP contribution in [0, 0.1) is 6.92 Å². The molecule has 3 heterocycles. The number of rotatable bonds is 3. The third kappa shape index (κ3) is 2.58. The van der Waals surface area contributed by atoms with Crippen molar-refractivity contribution in [3.8, 4) is 28.3 Å². The summed E-state index contributed by atoms with van der Waals surface area (Å²) in [4.78, 5) is 17.1. The van der Waals surface area contributed by atoms with Gasteiger partial charge in [0, 0.05) is 40.8 Å². The van der Waals surface area contributed by atoms with Crippen LogP contribution in [-0.2, 0) is 0 Å². The summed E-state index contributed by atoms with van der Waals surface area (Å²) in [5.41, 5.74) is 10.0. The van der Waals surface area contributed by atoms with Crippen molar-refractivity contribution >= 4 is 5.82 Å². The lowest BCUT2D eigenvalue weighted by molar-refractivity contribution is 0.398. The molecule has 0 aliphatic rings. The highest BCUT2D eigenvalue weighted by Gasteiger charge is 2.13. The minimum absolute atomic E-state index is 0.478. The molecule has 0 aliphatic carbocycles. The number of pyridine rings is 2. The minimum Gasteiger partial charge on any atom is -0.481 e. The van der Waals surface area contributed by atoms with Crippen LogP contribution in [0.3, 0.4) is 0 Å². The summed E-state index contributed by atoms with van der Waals surface area (Å²) in [7, 11) is 1.59. The van der Waals surface area contributed by atoms with Crippen molar-refractivity contribution in [2.45, 2.75) is 6.92 Å². The van der Waals surface area contributed by atoms with Crippen molar-refractivity contribution in [2.24, 2.45) is 0 Å². The number of aromatic nitrogens is 4. The number of hydrogen-bond acceptors (Lipinski definition) is 6. The van der Waals surface area contributed by atoms with Gasteiger partial charge < -0.3 is 10.5 Å². The summed E-state index contributed by atoms with van der Waals surface area (Å²) in [6.07, 6.45) is 5.00. The Morgan fingerprint density at radius 3 is 2.32 bits per heavy atom. The van der Waals surface area contributed by atoms with Gasteiger partial charge in [-0.15, -0.1) is 0 Å². The van der Waals surface area contributed by atoms with E-state index < -0.39 is 0 Å². The molecular formula is C16H15N5O. The van der Waals surface area contributed by atoms with Gasteiger partial charge in [0.05, 0.1) is 12.8 Å². The first kappa shape index (κ1) is 13.9. The van der Waals surface area contributed by atoms with E-state index in [1.54, 1.807) is 38.0 Å². The lowest BCUT2D eigenvalue weighted by atomic mass is 10.0. The van der Waals surface area contributed by atoms with E-state index in [1.807, 2.05) is 19.1 Å². The van der Waals surface area contributed by atoms with Crippen molar-refractivity contribution in [3.63, 3.8) is 0 Å². The van der Waals surface area contributed by atoms with Gasteiger partial charge in [0.2, 0.25) is 5.88 Å². The van der Waals surface area contributed by atoms with Crippen LogP contribution in [0.15, 0.2) is 43.0 Å². The molecule has 0 atom stereocenters. The fraction of sp³-hybridized carbons (Fsp3) is 0.125. The number of nitrogens with zero attached hydrogens (tertiary/aromatic N) is 4. The zero-order valence-corrected chi connectivity index (χ0v) is 12.3. The van der Waals surface area contributed by atoms with Gasteiger partial charge >= 0.3 is 0 Å².